The van der Waals surface area contributed by atoms with E-state index in [1.54, 1.807) is 0 Å². The van der Waals surface area contributed by atoms with Crippen molar-refractivity contribution in [1.82, 2.24) is 0 Å². The zero-order valence-corrected chi connectivity index (χ0v) is 39.3. The first-order valence-electron chi connectivity index (χ1n) is 24.9. The quantitative estimate of drug-likeness (QED) is 0.0203. The summed E-state index contributed by atoms with van der Waals surface area (Å²) < 4.78 is 33.5. The van der Waals surface area contributed by atoms with E-state index in [9.17, 15) is 45.3 Å². The average Bonchev–Trinajstić information content (AvgIpc) is 3.29. The molecule has 2 rings (SSSR count). The normalized spacial score (nSPS) is 26.8. The molecule has 0 aromatic rings. The minimum atomic E-state index is -1.77. The number of carbonyl (C=O) groups is 2. The highest BCUT2D eigenvalue weighted by molar-refractivity contribution is 5.70. The second-order valence-electron chi connectivity index (χ2n) is 17.6. The molecule has 0 aliphatic carbocycles. The number of aliphatic hydroxyl groups is 7. The first kappa shape index (κ1) is 58.1. The number of rotatable bonds is 38. The standard InChI is InChI=1S/C49H88O15/c1-3-5-7-9-11-13-15-17-18-20-22-24-26-28-30-32-41(52)62-37(34-59-40(51)31-29-27-25-23-21-19-16-14-12-10-8-6-4-2)35-60-48-47(58)45(56)43(54)39(64-48)36-61-49-46(57)44(55)42(53)38(33-50)63-49/h14,16,26,28,37-39,42-50,53-58H,3-13,15,17-25,27,29-36H2,1-2H3/b16-14+,28-26+/t37-,38-,39-,42+,43+,44?,45?,46?,47?,48-,49-/m1/s1. The molecule has 7 N–H and O–H groups in total. The molecule has 0 saturated carbocycles. The highest BCUT2D eigenvalue weighted by Gasteiger charge is 2.47. The van der Waals surface area contributed by atoms with E-state index in [1.807, 2.05) is 6.08 Å². The van der Waals surface area contributed by atoms with Crippen LogP contribution in [-0.2, 0) is 38.0 Å². The molecule has 2 heterocycles. The number of carbonyl (C=O) groups excluding carboxylic acids is 2. The van der Waals surface area contributed by atoms with E-state index < -0.39 is 99.3 Å². The van der Waals surface area contributed by atoms with Crippen molar-refractivity contribution < 1.29 is 73.8 Å². The lowest BCUT2D eigenvalue weighted by Crippen LogP contribution is -2.61. The smallest absolute Gasteiger partial charge is 0.306 e. The molecule has 15 nitrogen and oxygen atoms in total. The van der Waals surface area contributed by atoms with Gasteiger partial charge in [-0.2, -0.15) is 0 Å². The fourth-order valence-corrected chi connectivity index (χ4v) is 7.76. The maximum Gasteiger partial charge on any atom is 0.306 e. The summed E-state index contributed by atoms with van der Waals surface area (Å²) in [5.74, 6) is -0.989. The number of unbranched alkanes of at least 4 members (excludes halogenated alkanes) is 20. The predicted octanol–water partition coefficient (Wildman–Crippen LogP) is 6.38. The van der Waals surface area contributed by atoms with E-state index in [2.05, 4.69) is 32.1 Å². The Balaban J connectivity index is 1.84. The van der Waals surface area contributed by atoms with Gasteiger partial charge in [-0.3, -0.25) is 9.59 Å². The van der Waals surface area contributed by atoms with Gasteiger partial charge in [0, 0.05) is 12.8 Å². The van der Waals surface area contributed by atoms with Gasteiger partial charge in [-0.05, 0) is 51.4 Å². The zero-order valence-electron chi connectivity index (χ0n) is 39.3. The fourth-order valence-electron chi connectivity index (χ4n) is 7.76. The number of allylic oxidation sites excluding steroid dienone is 4. The molecule has 2 saturated heterocycles. The molecule has 0 bridgehead atoms. The molecule has 0 radical (unpaired) electrons. The van der Waals surface area contributed by atoms with Gasteiger partial charge in [0.2, 0.25) is 0 Å². The van der Waals surface area contributed by atoms with Crippen molar-refractivity contribution in [2.45, 2.75) is 248 Å². The van der Waals surface area contributed by atoms with Gasteiger partial charge in [0.25, 0.3) is 0 Å². The number of hydrogen-bond donors (Lipinski definition) is 7. The molecule has 0 aromatic heterocycles. The Kier molecular flexibility index (Phi) is 33.6. The molecule has 2 fully saturated rings. The van der Waals surface area contributed by atoms with Crippen molar-refractivity contribution in [2.75, 3.05) is 26.4 Å². The van der Waals surface area contributed by atoms with Crippen molar-refractivity contribution in [3.63, 3.8) is 0 Å². The lowest BCUT2D eigenvalue weighted by Gasteiger charge is -2.42. The number of esters is 2. The lowest BCUT2D eigenvalue weighted by molar-refractivity contribution is -0.332. The first-order chi connectivity index (χ1) is 31.0. The van der Waals surface area contributed by atoms with E-state index in [0.29, 0.717) is 12.8 Å². The topological polar surface area (TPSA) is 231 Å². The summed E-state index contributed by atoms with van der Waals surface area (Å²) in [5, 5.41) is 72.0. The second kappa shape index (κ2) is 37.0. The molecule has 0 amide bonds. The molecule has 0 aromatic carbocycles. The Morgan fingerprint density at radius 3 is 1.45 bits per heavy atom. The Hall–Kier alpha value is -2.02. The average molecular weight is 917 g/mol. The van der Waals surface area contributed by atoms with E-state index >= 15 is 0 Å². The summed E-state index contributed by atoms with van der Waals surface area (Å²) >= 11 is 0. The van der Waals surface area contributed by atoms with E-state index in [0.717, 1.165) is 51.4 Å². The van der Waals surface area contributed by atoms with Crippen LogP contribution < -0.4 is 0 Å². The molecular weight excluding hydrogens is 829 g/mol. The van der Waals surface area contributed by atoms with Crippen molar-refractivity contribution in [2.24, 2.45) is 0 Å². The van der Waals surface area contributed by atoms with Gasteiger partial charge in [0.1, 0.15) is 55.4 Å². The summed E-state index contributed by atoms with van der Waals surface area (Å²) in [6.07, 6.45) is 19.4. The molecule has 11 atom stereocenters. The van der Waals surface area contributed by atoms with Gasteiger partial charge in [-0.15, -0.1) is 0 Å². The van der Waals surface area contributed by atoms with Gasteiger partial charge in [-0.25, -0.2) is 0 Å². The van der Waals surface area contributed by atoms with Crippen molar-refractivity contribution in [3.8, 4) is 0 Å². The zero-order chi connectivity index (χ0) is 46.8. The van der Waals surface area contributed by atoms with Gasteiger partial charge < -0.3 is 64.2 Å². The Morgan fingerprint density at radius 1 is 0.484 bits per heavy atom. The third-order valence-electron chi connectivity index (χ3n) is 11.9. The Bertz CT molecular complexity index is 1220. The monoisotopic (exact) mass is 917 g/mol. The van der Waals surface area contributed by atoms with Crippen LogP contribution in [0.1, 0.15) is 181 Å². The highest BCUT2D eigenvalue weighted by atomic mass is 16.7. The summed E-state index contributed by atoms with van der Waals surface area (Å²) in [4.78, 5) is 25.7. The minimum Gasteiger partial charge on any atom is -0.462 e. The summed E-state index contributed by atoms with van der Waals surface area (Å²) in [6, 6.07) is 0. The Morgan fingerprint density at radius 2 is 0.922 bits per heavy atom. The van der Waals surface area contributed by atoms with Crippen LogP contribution in [0.25, 0.3) is 0 Å². The van der Waals surface area contributed by atoms with Crippen molar-refractivity contribution >= 4 is 11.9 Å². The van der Waals surface area contributed by atoms with Crippen LogP contribution in [-0.4, -0.2) is 142 Å². The van der Waals surface area contributed by atoms with Crippen LogP contribution in [0.4, 0.5) is 0 Å². The number of aliphatic hydroxyl groups excluding tert-OH is 7. The van der Waals surface area contributed by atoms with Crippen LogP contribution >= 0.6 is 0 Å². The summed E-state index contributed by atoms with van der Waals surface area (Å²) in [5.41, 5.74) is 0. The highest BCUT2D eigenvalue weighted by Crippen LogP contribution is 2.26. The predicted molar refractivity (Wildman–Crippen MR) is 243 cm³/mol. The summed E-state index contributed by atoms with van der Waals surface area (Å²) in [7, 11) is 0. The van der Waals surface area contributed by atoms with E-state index in [1.165, 1.54) is 89.9 Å². The van der Waals surface area contributed by atoms with Gasteiger partial charge in [0.05, 0.1) is 19.8 Å². The Labute approximate surface area is 383 Å². The molecule has 64 heavy (non-hydrogen) atoms. The molecule has 0 spiro atoms. The second-order valence-corrected chi connectivity index (χ2v) is 17.6. The van der Waals surface area contributed by atoms with Crippen LogP contribution in [0, 0.1) is 0 Å². The van der Waals surface area contributed by atoms with E-state index in [-0.39, 0.29) is 19.4 Å². The third kappa shape index (κ3) is 25.2. The van der Waals surface area contributed by atoms with Crippen LogP contribution in [0.3, 0.4) is 0 Å². The lowest BCUT2D eigenvalue weighted by atomic mass is 9.98. The molecule has 4 unspecified atom stereocenters. The largest absolute Gasteiger partial charge is 0.462 e. The van der Waals surface area contributed by atoms with Crippen LogP contribution in [0.5, 0.6) is 0 Å². The molecule has 15 heteroatoms. The van der Waals surface area contributed by atoms with Crippen LogP contribution in [0.15, 0.2) is 24.3 Å². The van der Waals surface area contributed by atoms with Crippen molar-refractivity contribution in [1.29, 1.82) is 0 Å². The maximum absolute atomic E-state index is 12.9. The van der Waals surface area contributed by atoms with Crippen LogP contribution in [0.2, 0.25) is 0 Å². The number of ether oxygens (including phenoxy) is 6. The fraction of sp³-hybridized carbons (Fsp3) is 0.878. The molecular formula is C49H88O15. The van der Waals surface area contributed by atoms with Gasteiger partial charge >= 0.3 is 11.9 Å². The van der Waals surface area contributed by atoms with Gasteiger partial charge in [0.15, 0.2) is 18.7 Å². The summed E-state index contributed by atoms with van der Waals surface area (Å²) in [6.45, 7) is 2.53. The van der Waals surface area contributed by atoms with Gasteiger partial charge in [-0.1, -0.05) is 141 Å². The third-order valence-corrected chi connectivity index (χ3v) is 11.9. The molecule has 2 aliphatic rings. The van der Waals surface area contributed by atoms with E-state index in [4.69, 9.17) is 28.4 Å². The molecule has 2 aliphatic heterocycles. The molecule has 374 valence electrons. The minimum absolute atomic E-state index is 0.0821. The maximum atomic E-state index is 12.9. The first-order valence-corrected chi connectivity index (χ1v) is 24.9. The van der Waals surface area contributed by atoms with Crippen molar-refractivity contribution in [3.05, 3.63) is 24.3 Å². The number of hydrogen-bond acceptors (Lipinski definition) is 15. The SMILES string of the molecule is CCCCCC/C=C/CCCCCCCC(=O)OC[C@H](CO[C@@H]1O[C@H](CO[C@@H]2O[C@H](CO)[C@H](O)C(O)C2O)[C@H](O)C(O)C1O)OC(=O)CC/C=C/CCCCCCCCCCCCC.